The first-order chi connectivity index (χ1) is 15.9. The second kappa shape index (κ2) is 10.6. The summed E-state index contributed by atoms with van der Waals surface area (Å²) in [6.07, 6.45) is 13.1. The molecular formula is C27H37N3O3. The SMILES string of the molecule is COC1CCC(C(=O)Nc2cc(C(=O)N3CCC(C4C=CC(N)=CC4)CC3)ccc2C)CC1. The molecule has 178 valence electrons. The third-order valence-electron chi connectivity index (χ3n) is 7.71. The van der Waals surface area contributed by atoms with E-state index in [1.54, 1.807) is 7.11 Å². The predicted molar refractivity (Wildman–Crippen MR) is 131 cm³/mol. The van der Waals surface area contributed by atoms with Crippen molar-refractivity contribution in [2.45, 2.75) is 58.0 Å². The minimum absolute atomic E-state index is 0.00761. The number of piperidine rings is 1. The molecule has 3 aliphatic rings. The summed E-state index contributed by atoms with van der Waals surface area (Å²) >= 11 is 0. The lowest BCUT2D eigenvalue weighted by atomic mass is 9.80. The van der Waals surface area contributed by atoms with Gasteiger partial charge in [0, 0.05) is 43.1 Å². The second-order valence-electron chi connectivity index (χ2n) is 9.82. The Morgan fingerprint density at radius 1 is 1.09 bits per heavy atom. The van der Waals surface area contributed by atoms with E-state index in [9.17, 15) is 9.59 Å². The van der Waals surface area contributed by atoms with Gasteiger partial charge < -0.3 is 20.7 Å². The van der Waals surface area contributed by atoms with Gasteiger partial charge in [-0.3, -0.25) is 9.59 Å². The van der Waals surface area contributed by atoms with Crippen molar-refractivity contribution >= 4 is 17.5 Å². The maximum absolute atomic E-state index is 13.2. The quantitative estimate of drug-likeness (QED) is 0.694. The van der Waals surface area contributed by atoms with E-state index in [1.165, 1.54) is 0 Å². The number of nitrogens with one attached hydrogen (secondary N) is 1. The number of anilines is 1. The van der Waals surface area contributed by atoms with Gasteiger partial charge in [-0.05, 0) is 87.5 Å². The molecular weight excluding hydrogens is 414 g/mol. The molecule has 0 radical (unpaired) electrons. The van der Waals surface area contributed by atoms with Crippen LogP contribution in [0.25, 0.3) is 0 Å². The summed E-state index contributed by atoms with van der Waals surface area (Å²) in [4.78, 5) is 28.0. The number of carbonyl (C=O) groups excluding carboxylic acids is 2. The molecule has 1 atom stereocenters. The molecule has 2 aliphatic carbocycles. The predicted octanol–water partition coefficient (Wildman–Crippen LogP) is 4.41. The molecule has 2 amide bonds. The van der Waals surface area contributed by atoms with Crippen molar-refractivity contribution in [1.82, 2.24) is 4.90 Å². The number of amides is 2. The molecule has 1 saturated carbocycles. The van der Waals surface area contributed by atoms with Crippen LogP contribution in [0.4, 0.5) is 5.69 Å². The van der Waals surface area contributed by atoms with Crippen LogP contribution in [-0.2, 0) is 9.53 Å². The Bertz CT molecular complexity index is 923. The fourth-order valence-corrected chi connectivity index (χ4v) is 5.40. The van der Waals surface area contributed by atoms with E-state index in [0.717, 1.165) is 75.0 Å². The van der Waals surface area contributed by atoms with Crippen molar-refractivity contribution in [3.63, 3.8) is 0 Å². The van der Waals surface area contributed by atoms with Gasteiger partial charge in [0.1, 0.15) is 0 Å². The lowest BCUT2D eigenvalue weighted by molar-refractivity contribution is -0.121. The number of benzene rings is 1. The Morgan fingerprint density at radius 2 is 1.82 bits per heavy atom. The van der Waals surface area contributed by atoms with Crippen LogP contribution in [-0.4, -0.2) is 43.0 Å². The zero-order valence-electron chi connectivity index (χ0n) is 19.9. The molecule has 1 heterocycles. The fraction of sp³-hybridized carbons (Fsp3) is 0.556. The topological polar surface area (TPSA) is 84.7 Å². The van der Waals surface area contributed by atoms with Crippen molar-refractivity contribution < 1.29 is 14.3 Å². The minimum Gasteiger partial charge on any atom is -0.399 e. The fourth-order valence-electron chi connectivity index (χ4n) is 5.40. The summed E-state index contributed by atoms with van der Waals surface area (Å²) < 4.78 is 5.42. The van der Waals surface area contributed by atoms with Gasteiger partial charge >= 0.3 is 0 Å². The average Bonchev–Trinajstić information content (AvgIpc) is 2.85. The maximum Gasteiger partial charge on any atom is 0.253 e. The Labute approximate surface area is 197 Å². The lowest BCUT2D eigenvalue weighted by Gasteiger charge is -2.35. The van der Waals surface area contributed by atoms with Gasteiger partial charge in [-0.25, -0.2) is 0 Å². The summed E-state index contributed by atoms with van der Waals surface area (Å²) in [5.41, 5.74) is 9.06. The molecule has 1 aromatic rings. The molecule has 1 aromatic carbocycles. The highest BCUT2D eigenvalue weighted by Gasteiger charge is 2.29. The molecule has 1 unspecified atom stereocenters. The number of hydrogen-bond acceptors (Lipinski definition) is 4. The van der Waals surface area contributed by atoms with Gasteiger partial charge in [-0.1, -0.05) is 18.2 Å². The molecule has 33 heavy (non-hydrogen) atoms. The molecule has 1 saturated heterocycles. The Kier molecular flexibility index (Phi) is 7.53. The largest absolute Gasteiger partial charge is 0.399 e. The highest BCUT2D eigenvalue weighted by molar-refractivity contribution is 5.98. The van der Waals surface area contributed by atoms with Gasteiger partial charge in [0.05, 0.1) is 6.10 Å². The lowest BCUT2D eigenvalue weighted by Crippen LogP contribution is -2.40. The summed E-state index contributed by atoms with van der Waals surface area (Å²) in [7, 11) is 1.74. The Balaban J connectivity index is 1.34. The molecule has 4 rings (SSSR count). The van der Waals surface area contributed by atoms with Gasteiger partial charge in [0.15, 0.2) is 0 Å². The average molecular weight is 452 g/mol. The van der Waals surface area contributed by atoms with Gasteiger partial charge in [0.25, 0.3) is 5.91 Å². The van der Waals surface area contributed by atoms with E-state index in [4.69, 9.17) is 10.5 Å². The monoisotopic (exact) mass is 451 g/mol. The first-order valence-corrected chi connectivity index (χ1v) is 12.3. The Hall–Kier alpha value is -2.60. The van der Waals surface area contributed by atoms with Crippen LogP contribution in [0, 0.1) is 24.7 Å². The van der Waals surface area contributed by atoms with E-state index in [-0.39, 0.29) is 23.8 Å². The Morgan fingerprint density at radius 3 is 2.45 bits per heavy atom. The number of likely N-dealkylation sites (tertiary alicyclic amines) is 1. The molecule has 3 N–H and O–H groups in total. The van der Waals surface area contributed by atoms with Crippen LogP contribution in [0.2, 0.25) is 0 Å². The molecule has 0 aromatic heterocycles. The number of methoxy groups -OCH3 is 1. The zero-order valence-corrected chi connectivity index (χ0v) is 19.9. The first-order valence-electron chi connectivity index (χ1n) is 12.3. The smallest absolute Gasteiger partial charge is 0.253 e. The summed E-state index contributed by atoms with van der Waals surface area (Å²) in [5, 5.41) is 3.09. The van der Waals surface area contributed by atoms with E-state index in [2.05, 4.69) is 17.5 Å². The zero-order chi connectivity index (χ0) is 23.4. The van der Waals surface area contributed by atoms with Gasteiger partial charge in [-0.2, -0.15) is 0 Å². The highest BCUT2D eigenvalue weighted by atomic mass is 16.5. The third-order valence-corrected chi connectivity index (χ3v) is 7.71. The molecule has 6 heteroatoms. The molecule has 2 fully saturated rings. The minimum atomic E-state index is 0.00761. The summed E-state index contributed by atoms with van der Waals surface area (Å²) in [6.45, 7) is 3.51. The third kappa shape index (κ3) is 5.67. The maximum atomic E-state index is 13.2. The first kappa shape index (κ1) is 23.6. The molecule has 0 bridgehead atoms. The van der Waals surface area contributed by atoms with Crippen LogP contribution in [0.15, 0.2) is 42.1 Å². The normalized spacial score (nSPS) is 26.1. The van der Waals surface area contributed by atoms with E-state index >= 15 is 0 Å². The van der Waals surface area contributed by atoms with E-state index in [1.807, 2.05) is 36.1 Å². The number of allylic oxidation sites excluding steroid dienone is 3. The second-order valence-corrected chi connectivity index (χ2v) is 9.82. The van der Waals surface area contributed by atoms with Crippen molar-refractivity contribution in [3.8, 4) is 0 Å². The van der Waals surface area contributed by atoms with Crippen LogP contribution in [0.5, 0.6) is 0 Å². The number of aryl methyl sites for hydroxylation is 1. The van der Waals surface area contributed by atoms with Crippen molar-refractivity contribution in [2.24, 2.45) is 23.5 Å². The number of rotatable bonds is 5. The number of nitrogens with two attached hydrogens (primary N) is 1. The van der Waals surface area contributed by atoms with Gasteiger partial charge in [0.2, 0.25) is 5.91 Å². The molecule has 1 aliphatic heterocycles. The van der Waals surface area contributed by atoms with Crippen LogP contribution in [0.3, 0.4) is 0 Å². The van der Waals surface area contributed by atoms with E-state index < -0.39 is 0 Å². The van der Waals surface area contributed by atoms with Crippen molar-refractivity contribution in [1.29, 1.82) is 0 Å². The van der Waals surface area contributed by atoms with Gasteiger partial charge in [-0.15, -0.1) is 0 Å². The summed E-state index contributed by atoms with van der Waals surface area (Å²) in [5.74, 6) is 1.22. The highest BCUT2D eigenvalue weighted by Crippen LogP contribution is 2.32. The number of carbonyl (C=O) groups is 2. The standard InChI is InChI=1S/C27H37N3O3/c1-18-3-4-22(17-25(18)29-26(31)21-7-11-24(33-2)12-8-21)27(32)30-15-13-20(14-16-30)19-5-9-23(28)10-6-19/h3-5,9-10,17,19-21,24H,6-8,11-16,28H2,1-2H3,(H,29,31). The van der Waals surface area contributed by atoms with Crippen molar-refractivity contribution in [2.75, 3.05) is 25.5 Å². The van der Waals surface area contributed by atoms with Crippen molar-refractivity contribution in [3.05, 3.63) is 53.3 Å². The number of hydrogen-bond donors (Lipinski definition) is 2. The number of ether oxygens (including phenoxy) is 1. The van der Waals surface area contributed by atoms with Crippen LogP contribution < -0.4 is 11.1 Å². The summed E-state index contributed by atoms with van der Waals surface area (Å²) in [6, 6.07) is 5.65. The van der Waals surface area contributed by atoms with E-state index in [0.29, 0.717) is 17.4 Å². The number of nitrogens with zero attached hydrogens (tertiary/aromatic N) is 1. The molecule has 6 nitrogen and oxygen atoms in total. The van der Waals surface area contributed by atoms with Crippen LogP contribution >= 0.6 is 0 Å². The van der Waals surface area contributed by atoms with Crippen LogP contribution in [0.1, 0.15) is 60.9 Å². The molecule has 0 spiro atoms.